The van der Waals surface area contributed by atoms with E-state index in [0.717, 1.165) is 37.1 Å². The molecule has 0 spiro atoms. The van der Waals surface area contributed by atoms with Crippen molar-refractivity contribution in [2.24, 2.45) is 0 Å². The lowest BCUT2D eigenvalue weighted by molar-refractivity contribution is 0.00578. The van der Waals surface area contributed by atoms with Crippen LogP contribution in [0.5, 0.6) is 5.75 Å². The van der Waals surface area contributed by atoms with Gasteiger partial charge in [-0.25, -0.2) is 0 Å². The molecule has 2 saturated heterocycles. The molecule has 0 saturated carbocycles. The van der Waals surface area contributed by atoms with Crippen LogP contribution in [0.2, 0.25) is 0 Å². The second-order valence-corrected chi connectivity index (χ2v) is 7.61. The van der Waals surface area contributed by atoms with Crippen LogP contribution in [0.3, 0.4) is 0 Å². The van der Waals surface area contributed by atoms with Gasteiger partial charge in [-0.05, 0) is 76.6 Å². The Labute approximate surface area is 140 Å². The molecule has 2 heterocycles. The first-order valence-corrected chi connectivity index (χ1v) is 8.58. The van der Waals surface area contributed by atoms with E-state index in [1.165, 1.54) is 5.56 Å². The molecule has 0 aromatic heterocycles. The van der Waals surface area contributed by atoms with Crippen molar-refractivity contribution in [2.45, 2.75) is 57.7 Å². The van der Waals surface area contributed by atoms with E-state index in [0.29, 0.717) is 5.92 Å². The van der Waals surface area contributed by atoms with Gasteiger partial charge < -0.3 is 19.4 Å². The number of hydrogen-bond donors (Lipinski definition) is 1. The van der Waals surface area contributed by atoms with Crippen LogP contribution >= 0.6 is 0 Å². The van der Waals surface area contributed by atoms with Crippen LogP contribution in [0.25, 0.3) is 0 Å². The van der Waals surface area contributed by atoms with Crippen LogP contribution in [-0.4, -0.2) is 38.5 Å². The molecule has 4 nitrogen and oxygen atoms in total. The largest absolute Gasteiger partial charge is 0.496 e. The highest BCUT2D eigenvalue weighted by molar-refractivity contribution is 6.62. The van der Waals surface area contributed by atoms with E-state index < -0.39 is 0 Å². The predicted molar refractivity (Wildman–Crippen MR) is 93.6 cm³/mol. The lowest BCUT2D eigenvalue weighted by Crippen LogP contribution is -2.41. The Morgan fingerprint density at radius 1 is 1.09 bits per heavy atom. The van der Waals surface area contributed by atoms with Gasteiger partial charge in [0.15, 0.2) is 0 Å². The Hall–Kier alpha value is -1.04. The molecule has 5 heteroatoms. The first-order chi connectivity index (χ1) is 10.8. The molecule has 1 aromatic carbocycles. The minimum Gasteiger partial charge on any atom is -0.496 e. The maximum absolute atomic E-state index is 6.19. The Balaban J connectivity index is 1.89. The summed E-state index contributed by atoms with van der Waals surface area (Å²) >= 11 is 0. The van der Waals surface area contributed by atoms with Gasteiger partial charge in [0.2, 0.25) is 0 Å². The zero-order valence-corrected chi connectivity index (χ0v) is 14.9. The van der Waals surface area contributed by atoms with Crippen LogP contribution in [0.15, 0.2) is 18.2 Å². The third-order valence-corrected chi connectivity index (χ3v) is 5.56. The van der Waals surface area contributed by atoms with Gasteiger partial charge in [0.25, 0.3) is 0 Å². The first kappa shape index (κ1) is 16.8. The van der Waals surface area contributed by atoms with Crippen LogP contribution in [0.1, 0.15) is 52.0 Å². The predicted octanol–water partition coefficient (Wildman–Crippen LogP) is 2.46. The number of hydrogen-bond acceptors (Lipinski definition) is 4. The molecule has 126 valence electrons. The summed E-state index contributed by atoms with van der Waals surface area (Å²) in [6.07, 6.45) is 2.28. The summed E-state index contributed by atoms with van der Waals surface area (Å²) in [5, 5.41) is 3.42. The van der Waals surface area contributed by atoms with E-state index in [4.69, 9.17) is 14.0 Å². The summed E-state index contributed by atoms with van der Waals surface area (Å²) in [7, 11) is 1.43. The molecule has 23 heavy (non-hydrogen) atoms. The monoisotopic (exact) mass is 317 g/mol. The summed E-state index contributed by atoms with van der Waals surface area (Å²) in [5.41, 5.74) is 1.73. The van der Waals surface area contributed by atoms with Crippen LogP contribution in [0.4, 0.5) is 0 Å². The zero-order valence-electron chi connectivity index (χ0n) is 14.9. The maximum atomic E-state index is 6.19. The van der Waals surface area contributed by atoms with Crippen LogP contribution < -0.4 is 15.5 Å². The highest BCUT2D eigenvalue weighted by Crippen LogP contribution is 2.37. The third-order valence-electron chi connectivity index (χ3n) is 5.56. The fourth-order valence-corrected chi connectivity index (χ4v) is 3.33. The Morgan fingerprint density at radius 2 is 1.70 bits per heavy atom. The molecular weight excluding hydrogens is 289 g/mol. The Morgan fingerprint density at radius 3 is 2.26 bits per heavy atom. The SMILES string of the molecule is COc1ccc(B2OC(C)(C)C(C)(C)O2)cc1C1CCNCC1. The molecule has 2 aliphatic heterocycles. The Bertz CT molecular complexity index is 551. The highest BCUT2D eigenvalue weighted by atomic mass is 16.7. The van der Waals surface area contributed by atoms with Gasteiger partial charge in [0.1, 0.15) is 5.75 Å². The summed E-state index contributed by atoms with van der Waals surface area (Å²) in [5.74, 6) is 1.51. The van der Waals surface area contributed by atoms with E-state index >= 15 is 0 Å². The molecule has 1 N–H and O–H groups in total. The molecule has 3 rings (SSSR count). The van der Waals surface area contributed by atoms with Gasteiger partial charge in [0.05, 0.1) is 18.3 Å². The fourth-order valence-electron chi connectivity index (χ4n) is 3.33. The maximum Gasteiger partial charge on any atom is 0.494 e. The molecule has 0 radical (unpaired) electrons. The number of rotatable bonds is 3. The molecule has 2 aliphatic rings. The topological polar surface area (TPSA) is 39.7 Å². The minimum atomic E-state index is -0.314. The fraction of sp³-hybridized carbons (Fsp3) is 0.667. The quantitative estimate of drug-likeness (QED) is 0.870. The van der Waals surface area contributed by atoms with Gasteiger partial charge in [-0.3, -0.25) is 0 Å². The second-order valence-electron chi connectivity index (χ2n) is 7.61. The summed E-state index contributed by atoms with van der Waals surface area (Å²) < 4.78 is 18.0. The minimum absolute atomic E-state index is 0.313. The normalized spacial score (nSPS) is 24.0. The summed E-state index contributed by atoms with van der Waals surface area (Å²) in [6.45, 7) is 10.5. The molecule has 0 aliphatic carbocycles. The van der Waals surface area contributed by atoms with E-state index in [1.807, 2.05) is 0 Å². The molecular formula is C18H28BNO3. The van der Waals surface area contributed by atoms with Crippen molar-refractivity contribution in [1.82, 2.24) is 5.32 Å². The van der Waals surface area contributed by atoms with Gasteiger partial charge >= 0.3 is 7.12 Å². The van der Waals surface area contributed by atoms with Gasteiger partial charge in [-0.15, -0.1) is 0 Å². The van der Waals surface area contributed by atoms with Crippen molar-refractivity contribution in [1.29, 1.82) is 0 Å². The van der Waals surface area contributed by atoms with Gasteiger partial charge in [-0.1, -0.05) is 12.1 Å². The smallest absolute Gasteiger partial charge is 0.494 e. The van der Waals surface area contributed by atoms with Crippen molar-refractivity contribution in [3.8, 4) is 5.75 Å². The van der Waals surface area contributed by atoms with Crippen LogP contribution in [0, 0.1) is 0 Å². The average Bonchev–Trinajstić information content (AvgIpc) is 2.75. The number of methoxy groups -OCH3 is 1. The van der Waals surface area contributed by atoms with Gasteiger partial charge in [0, 0.05) is 0 Å². The molecule has 1 aromatic rings. The standard InChI is InChI=1S/C18H28BNO3/c1-17(2)18(3,4)23-19(22-17)14-6-7-16(21-5)15(12-14)13-8-10-20-11-9-13/h6-7,12-13,20H,8-11H2,1-5H3. The lowest BCUT2D eigenvalue weighted by atomic mass is 9.76. The number of benzene rings is 1. The van der Waals surface area contributed by atoms with Crippen molar-refractivity contribution in [2.75, 3.05) is 20.2 Å². The Kier molecular flexibility index (Phi) is 4.47. The first-order valence-electron chi connectivity index (χ1n) is 8.58. The van der Waals surface area contributed by atoms with E-state index in [-0.39, 0.29) is 18.3 Å². The van der Waals surface area contributed by atoms with Crippen molar-refractivity contribution in [3.63, 3.8) is 0 Å². The second kappa shape index (κ2) is 6.12. The summed E-state index contributed by atoms with van der Waals surface area (Å²) in [4.78, 5) is 0. The van der Waals surface area contributed by atoms with Gasteiger partial charge in [-0.2, -0.15) is 0 Å². The highest BCUT2D eigenvalue weighted by Gasteiger charge is 2.51. The molecule has 2 fully saturated rings. The number of piperidine rings is 1. The zero-order chi connectivity index (χ0) is 16.7. The van der Waals surface area contributed by atoms with Crippen molar-refractivity contribution >= 4 is 12.6 Å². The molecule has 0 bridgehead atoms. The molecule has 0 amide bonds. The van der Waals surface area contributed by atoms with E-state index in [1.54, 1.807) is 7.11 Å². The van der Waals surface area contributed by atoms with Crippen LogP contribution in [-0.2, 0) is 9.31 Å². The summed E-state index contributed by atoms with van der Waals surface area (Å²) in [6, 6.07) is 6.33. The van der Waals surface area contributed by atoms with E-state index in [2.05, 4.69) is 51.2 Å². The van der Waals surface area contributed by atoms with Crippen molar-refractivity contribution < 1.29 is 14.0 Å². The number of nitrogens with one attached hydrogen (secondary N) is 1. The third kappa shape index (κ3) is 3.15. The number of ether oxygens (including phenoxy) is 1. The molecule has 0 unspecified atom stereocenters. The van der Waals surface area contributed by atoms with E-state index in [9.17, 15) is 0 Å². The lowest BCUT2D eigenvalue weighted by Gasteiger charge is -2.32. The molecule has 0 atom stereocenters. The van der Waals surface area contributed by atoms with Crippen molar-refractivity contribution in [3.05, 3.63) is 23.8 Å². The average molecular weight is 317 g/mol.